The van der Waals surface area contributed by atoms with E-state index in [-0.39, 0.29) is 0 Å². The first-order valence-electron chi connectivity index (χ1n) is 8.92. The molecule has 1 aromatic heterocycles. The predicted octanol–water partition coefficient (Wildman–Crippen LogP) is 5.12. The maximum absolute atomic E-state index is 8.55. The van der Waals surface area contributed by atoms with Crippen molar-refractivity contribution in [3.63, 3.8) is 0 Å². The third kappa shape index (κ3) is 4.08. The lowest BCUT2D eigenvalue weighted by atomic mass is 10.1. The van der Waals surface area contributed by atoms with Gasteiger partial charge in [-0.25, -0.2) is 0 Å². The molecule has 0 unspecified atom stereocenters. The first-order chi connectivity index (χ1) is 13.3. The van der Waals surface area contributed by atoms with E-state index in [4.69, 9.17) is 5.41 Å². The number of hydrogen-bond donors (Lipinski definition) is 1. The maximum Gasteiger partial charge on any atom is 0.0529 e. The van der Waals surface area contributed by atoms with E-state index in [1.54, 1.807) is 11.3 Å². The summed E-state index contributed by atoms with van der Waals surface area (Å²) in [6.07, 6.45) is 0.662. The Balaban J connectivity index is 1.78. The van der Waals surface area contributed by atoms with Gasteiger partial charge in [-0.1, -0.05) is 91.0 Å². The van der Waals surface area contributed by atoms with E-state index in [0.29, 0.717) is 12.1 Å². The summed E-state index contributed by atoms with van der Waals surface area (Å²) in [4.78, 5) is 1.05. The summed E-state index contributed by atoms with van der Waals surface area (Å²) >= 11 is 1.64. The van der Waals surface area contributed by atoms with Gasteiger partial charge in [0.1, 0.15) is 0 Å². The van der Waals surface area contributed by atoms with Crippen LogP contribution >= 0.6 is 19.3 Å². The Labute approximate surface area is 165 Å². The van der Waals surface area contributed by atoms with Crippen LogP contribution in [0.2, 0.25) is 0 Å². The molecule has 3 heteroatoms. The minimum atomic E-state index is -0.648. The number of hydrogen-bond acceptors (Lipinski definition) is 2. The van der Waals surface area contributed by atoms with Crippen LogP contribution in [0.4, 0.5) is 0 Å². The molecule has 0 amide bonds. The first-order valence-corrected chi connectivity index (χ1v) is 11.1. The van der Waals surface area contributed by atoms with Gasteiger partial charge in [0, 0.05) is 11.3 Å². The van der Waals surface area contributed by atoms with E-state index in [9.17, 15) is 0 Å². The molecule has 3 aromatic carbocycles. The number of benzene rings is 3. The van der Waals surface area contributed by atoms with E-state index in [2.05, 4.69) is 84.9 Å². The highest BCUT2D eigenvalue weighted by Crippen LogP contribution is 2.34. The van der Waals surface area contributed by atoms with Crippen molar-refractivity contribution < 1.29 is 0 Å². The minimum absolute atomic E-state index is 0.648. The average molecular weight is 385 g/mol. The average Bonchev–Trinajstić information content (AvgIpc) is 3.26. The highest BCUT2D eigenvalue weighted by atomic mass is 32.1. The standard InChI is InChI=1S/C24H20NPS/c25-22(24-16-9-17-27-24)18-19-10-7-8-15-23(19)26(20-11-3-1-4-12-20)21-13-5-2-6-14-21/h1-17,25H,18H2. The largest absolute Gasteiger partial charge is 0.303 e. The van der Waals surface area contributed by atoms with E-state index >= 15 is 0 Å². The zero-order valence-corrected chi connectivity index (χ0v) is 16.6. The van der Waals surface area contributed by atoms with E-state index in [1.165, 1.54) is 21.5 Å². The Hall–Kier alpha value is -2.54. The van der Waals surface area contributed by atoms with Crippen LogP contribution in [0.15, 0.2) is 102 Å². The maximum atomic E-state index is 8.55. The Morgan fingerprint density at radius 3 is 1.89 bits per heavy atom. The monoisotopic (exact) mass is 385 g/mol. The molecular weight excluding hydrogens is 365 g/mol. The summed E-state index contributed by atoms with van der Waals surface area (Å²) in [5, 5.41) is 14.6. The molecule has 0 radical (unpaired) electrons. The number of thiophene rings is 1. The molecule has 4 aromatic rings. The first kappa shape index (κ1) is 17.9. The molecule has 1 heterocycles. The van der Waals surface area contributed by atoms with Crippen molar-refractivity contribution in [3.8, 4) is 0 Å². The van der Waals surface area contributed by atoms with Crippen LogP contribution in [0.25, 0.3) is 0 Å². The van der Waals surface area contributed by atoms with Crippen molar-refractivity contribution in [2.24, 2.45) is 0 Å². The fraction of sp³-hybridized carbons (Fsp3) is 0.0417. The topological polar surface area (TPSA) is 23.9 Å². The fourth-order valence-electron chi connectivity index (χ4n) is 3.19. The summed E-state index contributed by atoms with van der Waals surface area (Å²) in [5.74, 6) is 0. The van der Waals surface area contributed by atoms with Crippen LogP contribution in [0, 0.1) is 5.41 Å². The molecule has 27 heavy (non-hydrogen) atoms. The van der Waals surface area contributed by atoms with Crippen molar-refractivity contribution in [1.82, 2.24) is 0 Å². The van der Waals surface area contributed by atoms with Gasteiger partial charge in [0.05, 0.1) is 5.71 Å². The molecule has 0 spiro atoms. The Morgan fingerprint density at radius 1 is 0.704 bits per heavy atom. The van der Waals surface area contributed by atoms with Gasteiger partial charge in [0.2, 0.25) is 0 Å². The van der Waals surface area contributed by atoms with Crippen molar-refractivity contribution in [3.05, 3.63) is 113 Å². The number of nitrogens with one attached hydrogen (secondary N) is 1. The molecule has 132 valence electrons. The summed E-state index contributed by atoms with van der Waals surface area (Å²) in [6.45, 7) is 0. The molecule has 1 N–H and O–H groups in total. The van der Waals surface area contributed by atoms with Crippen LogP contribution in [-0.4, -0.2) is 5.71 Å². The molecule has 0 aliphatic heterocycles. The van der Waals surface area contributed by atoms with Gasteiger partial charge in [-0.15, -0.1) is 11.3 Å². The van der Waals surface area contributed by atoms with E-state index in [1.807, 2.05) is 17.5 Å². The van der Waals surface area contributed by atoms with Gasteiger partial charge in [-0.05, 0) is 40.8 Å². The summed E-state index contributed by atoms with van der Waals surface area (Å²) < 4.78 is 0. The quantitative estimate of drug-likeness (QED) is 0.352. The Bertz CT molecular complexity index is 971. The van der Waals surface area contributed by atoms with Crippen molar-refractivity contribution >= 4 is 40.9 Å². The Morgan fingerprint density at radius 2 is 1.30 bits per heavy atom. The van der Waals surface area contributed by atoms with Crippen molar-refractivity contribution in [1.29, 1.82) is 5.41 Å². The molecule has 0 aliphatic rings. The molecule has 0 aliphatic carbocycles. The summed E-state index contributed by atoms with van der Waals surface area (Å²) in [6, 6.07) is 34.2. The van der Waals surface area contributed by atoms with Crippen LogP contribution in [0.3, 0.4) is 0 Å². The third-order valence-corrected chi connectivity index (χ3v) is 7.92. The lowest BCUT2D eigenvalue weighted by Crippen LogP contribution is -2.24. The molecule has 0 atom stereocenters. The van der Waals surface area contributed by atoms with Gasteiger partial charge >= 0.3 is 0 Å². The van der Waals surface area contributed by atoms with Gasteiger partial charge in [-0.2, -0.15) is 0 Å². The lowest BCUT2D eigenvalue weighted by Gasteiger charge is -2.22. The van der Waals surface area contributed by atoms with Crippen LogP contribution in [0.1, 0.15) is 10.4 Å². The summed E-state index contributed by atoms with van der Waals surface area (Å²) in [7, 11) is -0.648. The highest BCUT2D eigenvalue weighted by Gasteiger charge is 2.19. The highest BCUT2D eigenvalue weighted by molar-refractivity contribution is 7.79. The van der Waals surface area contributed by atoms with Crippen LogP contribution in [0.5, 0.6) is 0 Å². The molecule has 0 bridgehead atoms. The molecule has 0 fully saturated rings. The molecule has 0 saturated heterocycles. The smallest absolute Gasteiger partial charge is 0.0529 e. The van der Waals surface area contributed by atoms with Gasteiger partial charge in [-0.3, -0.25) is 0 Å². The predicted molar refractivity (Wildman–Crippen MR) is 120 cm³/mol. The second kappa shape index (κ2) is 8.43. The fourth-order valence-corrected chi connectivity index (χ4v) is 6.33. The second-order valence-electron chi connectivity index (χ2n) is 6.27. The molecular formula is C24H20NPS. The van der Waals surface area contributed by atoms with E-state index < -0.39 is 7.92 Å². The van der Waals surface area contributed by atoms with Gasteiger partial charge in [0.25, 0.3) is 0 Å². The number of rotatable bonds is 6. The van der Waals surface area contributed by atoms with Crippen LogP contribution in [-0.2, 0) is 6.42 Å². The molecule has 4 rings (SSSR count). The third-order valence-electron chi connectivity index (χ3n) is 4.45. The van der Waals surface area contributed by atoms with Crippen LogP contribution < -0.4 is 15.9 Å². The van der Waals surface area contributed by atoms with Crippen molar-refractivity contribution in [2.75, 3.05) is 0 Å². The molecule has 1 nitrogen and oxygen atoms in total. The van der Waals surface area contributed by atoms with Crippen molar-refractivity contribution in [2.45, 2.75) is 6.42 Å². The van der Waals surface area contributed by atoms with E-state index in [0.717, 1.165) is 4.88 Å². The molecule has 0 saturated carbocycles. The van der Waals surface area contributed by atoms with Gasteiger partial charge in [0.15, 0.2) is 0 Å². The SMILES string of the molecule is N=C(Cc1ccccc1P(c1ccccc1)c1ccccc1)c1cccs1. The zero-order chi connectivity index (χ0) is 18.5. The van der Waals surface area contributed by atoms with Gasteiger partial charge < -0.3 is 5.41 Å². The Kier molecular flexibility index (Phi) is 5.58. The minimum Gasteiger partial charge on any atom is -0.303 e. The second-order valence-corrected chi connectivity index (χ2v) is 9.40. The normalized spacial score (nSPS) is 10.9. The lowest BCUT2D eigenvalue weighted by molar-refractivity contribution is 1.30. The summed E-state index contributed by atoms with van der Waals surface area (Å²) in [5.41, 5.74) is 1.93. The zero-order valence-electron chi connectivity index (χ0n) is 14.9.